The lowest BCUT2D eigenvalue weighted by atomic mass is 9.95. The second-order valence-electron chi connectivity index (χ2n) is 7.83. The molecule has 0 bridgehead atoms. The summed E-state index contributed by atoms with van der Waals surface area (Å²) in [5.41, 5.74) is -0.697. The van der Waals surface area contributed by atoms with Crippen molar-refractivity contribution in [3.8, 4) is 0 Å². The van der Waals surface area contributed by atoms with Gasteiger partial charge >= 0.3 is 6.18 Å². The van der Waals surface area contributed by atoms with Crippen LogP contribution in [0.25, 0.3) is 0 Å². The fraction of sp³-hybridized carbons (Fsp3) is 0.684. The molecule has 1 aliphatic carbocycles. The number of anilines is 1. The normalized spacial score (nSPS) is 27.0. The molecule has 26 heavy (non-hydrogen) atoms. The molecule has 2 aliphatic heterocycles. The zero-order valence-corrected chi connectivity index (χ0v) is 14.7. The molecule has 4 nitrogen and oxygen atoms in total. The van der Waals surface area contributed by atoms with Crippen LogP contribution in [0.4, 0.5) is 19.0 Å². The smallest absolute Gasteiger partial charge is 0.356 e. The number of carbonyl (C=O) groups excluding carboxylic acids is 1. The number of halogens is 3. The van der Waals surface area contributed by atoms with E-state index in [4.69, 9.17) is 0 Å². The number of fused-ring (bicyclic) bond motifs is 1. The number of carbonyl (C=O) groups is 1. The Morgan fingerprint density at radius 1 is 1.08 bits per heavy atom. The van der Waals surface area contributed by atoms with Crippen molar-refractivity contribution in [1.29, 1.82) is 0 Å². The third-order valence-electron chi connectivity index (χ3n) is 6.27. The number of rotatable bonds is 2. The van der Waals surface area contributed by atoms with E-state index in [-0.39, 0.29) is 17.6 Å². The molecule has 4 rings (SSSR count). The molecule has 1 saturated carbocycles. The Labute approximate surface area is 151 Å². The molecule has 0 radical (unpaired) electrons. The Morgan fingerprint density at radius 2 is 1.73 bits per heavy atom. The van der Waals surface area contributed by atoms with Crippen LogP contribution in [0.15, 0.2) is 18.3 Å². The van der Waals surface area contributed by atoms with E-state index in [1.165, 1.54) is 31.5 Å². The molecule has 0 N–H and O–H groups in total. The van der Waals surface area contributed by atoms with Gasteiger partial charge in [0.25, 0.3) is 0 Å². The van der Waals surface area contributed by atoms with Gasteiger partial charge in [-0.2, -0.15) is 13.2 Å². The largest absolute Gasteiger partial charge is 0.419 e. The van der Waals surface area contributed by atoms with Gasteiger partial charge in [0.15, 0.2) is 0 Å². The summed E-state index contributed by atoms with van der Waals surface area (Å²) in [6, 6.07) is 2.38. The monoisotopic (exact) mass is 367 g/mol. The van der Waals surface area contributed by atoms with Crippen LogP contribution < -0.4 is 4.90 Å². The summed E-state index contributed by atoms with van der Waals surface area (Å²) in [6.07, 6.45) is 1.91. The highest BCUT2D eigenvalue weighted by Crippen LogP contribution is 2.39. The first kappa shape index (κ1) is 17.6. The van der Waals surface area contributed by atoms with E-state index in [2.05, 4.69) is 4.98 Å². The van der Waals surface area contributed by atoms with Crippen molar-refractivity contribution in [1.82, 2.24) is 9.88 Å². The van der Waals surface area contributed by atoms with Crippen LogP contribution in [0.2, 0.25) is 0 Å². The molecule has 142 valence electrons. The molecule has 2 saturated heterocycles. The van der Waals surface area contributed by atoms with Crippen molar-refractivity contribution in [2.75, 3.05) is 31.1 Å². The van der Waals surface area contributed by atoms with Gasteiger partial charge in [0, 0.05) is 38.3 Å². The molecule has 1 aromatic rings. The molecular formula is C19H24F3N3O. The van der Waals surface area contributed by atoms with Gasteiger partial charge in [0.1, 0.15) is 5.82 Å². The second-order valence-corrected chi connectivity index (χ2v) is 7.83. The SMILES string of the molecule is O=C(C1CCN(c2ncccc2C(F)(F)F)CC1)N1CC2CCCC2C1. The van der Waals surface area contributed by atoms with Gasteiger partial charge in [-0.1, -0.05) is 6.42 Å². The van der Waals surface area contributed by atoms with E-state index < -0.39 is 11.7 Å². The number of nitrogens with zero attached hydrogens (tertiary/aromatic N) is 3. The van der Waals surface area contributed by atoms with Gasteiger partial charge in [-0.05, 0) is 49.7 Å². The molecule has 0 aromatic carbocycles. The number of piperidine rings is 1. The summed E-state index contributed by atoms with van der Waals surface area (Å²) in [7, 11) is 0. The molecule has 0 spiro atoms. The van der Waals surface area contributed by atoms with Crippen LogP contribution in [0, 0.1) is 17.8 Å². The van der Waals surface area contributed by atoms with Crippen molar-refractivity contribution in [2.45, 2.75) is 38.3 Å². The molecule has 3 fully saturated rings. The Bertz CT molecular complexity index is 658. The maximum Gasteiger partial charge on any atom is 0.419 e. The molecule has 1 amide bonds. The number of likely N-dealkylation sites (tertiary alicyclic amines) is 1. The van der Waals surface area contributed by atoms with Crippen molar-refractivity contribution in [3.63, 3.8) is 0 Å². The van der Waals surface area contributed by atoms with E-state index >= 15 is 0 Å². The highest BCUT2D eigenvalue weighted by molar-refractivity contribution is 5.79. The highest BCUT2D eigenvalue weighted by atomic mass is 19.4. The number of aromatic nitrogens is 1. The van der Waals surface area contributed by atoms with Crippen LogP contribution in [-0.2, 0) is 11.0 Å². The van der Waals surface area contributed by atoms with E-state index in [0.29, 0.717) is 37.8 Å². The lowest BCUT2D eigenvalue weighted by molar-refractivity contribution is -0.138. The predicted octanol–water partition coefficient (Wildman–Crippen LogP) is 3.58. The van der Waals surface area contributed by atoms with Crippen LogP contribution in [-0.4, -0.2) is 42.0 Å². The molecular weight excluding hydrogens is 343 g/mol. The number of pyridine rings is 1. The van der Waals surface area contributed by atoms with E-state index in [0.717, 1.165) is 19.2 Å². The zero-order chi connectivity index (χ0) is 18.3. The molecule has 3 aliphatic rings. The summed E-state index contributed by atoms with van der Waals surface area (Å²) >= 11 is 0. The first-order valence-corrected chi connectivity index (χ1v) is 9.49. The number of amides is 1. The Hall–Kier alpha value is -1.79. The van der Waals surface area contributed by atoms with Crippen LogP contribution in [0.5, 0.6) is 0 Å². The second kappa shape index (κ2) is 6.74. The fourth-order valence-electron chi connectivity index (χ4n) is 4.88. The summed E-state index contributed by atoms with van der Waals surface area (Å²) in [5, 5.41) is 0. The third kappa shape index (κ3) is 3.28. The maximum atomic E-state index is 13.2. The van der Waals surface area contributed by atoms with Crippen molar-refractivity contribution >= 4 is 11.7 Å². The third-order valence-corrected chi connectivity index (χ3v) is 6.27. The van der Waals surface area contributed by atoms with Crippen molar-refractivity contribution in [3.05, 3.63) is 23.9 Å². The summed E-state index contributed by atoms with van der Waals surface area (Å²) < 4.78 is 39.6. The van der Waals surface area contributed by atoms with Crippen LogP contribution in [0.1, 0.15) is 37.7 Å². The average Bonchev–Trinajstić information content (AvgIpc) is 3.22. The minimum Gasteiger partial charge on any atom is -0.356 e. The zero-order valence-electron chi connectivity index (χ0n) is 14.7. The van der Waals surface area contributed by atoms with E-state index in [1.54, 1.807) is 4.90 Å². The van der Waals surface area contributed by atoms with Crippen LogP contribution in [0.3, 0.4) is 0 Å². The predicted molar refractivity (Wildman–Crippen MR) is 91.6 cm³/mol. The topological polar surface area (TPSA) is 36.4 Å². The van der Waals surface area contributed by atoms with Crippen molar-refractivity contribution in [2.24, 2.45) is 17.8 Å². The summed E-state index contributed by atoms with van der Waals surface area (Å²) in [5.74, 6) is 1.46. The first-order chi connectivity index (χ1) is 12.4. The Morgan fingerprint density at radius 3 is 2.35 bits per heavy atom. The average molecular weight is 367 g/mol. The maximum absolute atomic E-state index is 13.2. The fourth-order valence-corrected chi connectivity index (χ4v) is 4.88. The lowest BCUT2D eigenvalue weighted by Crippen LogP contribution is -2.42. The first-order valence-electron chi connectivity index (χ1n) is 9.49. The summed E-state index contributed by atoms with van der Waals surface area (Å²) in [6.45, 7) is 2.64. The van der Waals surface area contributed by atoms with Gasteiger partial charge in [-0.15, -0.1) is 0 Å². The van der Waals surface area contributed by atoms with E-state index in [9.17, 15) is 18.0 Å². The van der Waals surface area contributed by atoms with Gasteiger partial charge in [-0.25, -0.2) is 4.98 Å². The number of hydrogen-bond donors (Lipinski definition) is 0. The molecule has 1 aromatic heterocycles. The molecule has 7 heteroatoms. The number of alkyl halides is 3. The number of hydrogen-bond acceptors (Lipinski definition) is 3. The Kier molecular flexibility index (Phi) is 4.57. The highest BCUT2D eigenvalue weighted by Gasteiger charge is 2.41. The summed E-state index contributed by atoms with van der Waals surface area (Å²) in [4.78, 5) is 20.5. The molecule has 3 heterocycles. The van der Waals surface area contributed by atoms with Crippen LogP contribution >= 0.6 is 0 Å². The van der Waals surface area contributed by atoms with Gasteiger partial charge in [0.05, 0.1) is 5.56 Å². The van der Waals surface area contributed by atoms with Crippen molar-refractivity contribution < 1.29 is 18.0 Å². The molecule has 2 atom stereocenters. The standard InChI is InChI=1S/C19H24F3N3O/c20-19(21,22)16-5-2-8-23-17(16)24-9-6-13(7-10-24)18(26)25-11-14-3-1-4-15(14)12-25/h2,5,8,13-15H,1,3-4,6-7,9-12H2. The Balaban J connectivity index is 1.38. The minimum atomic E-state index is -4.41. The van der Waals surface area contributed by atoms with Gasteiger partial charge in [-0.3, -0.25) is 4.79 Å². The molecule has 2 unspecified atom stereocenters. The van der Waals surface area contributed by atoms with Gasteiger partial charge in [0.2, 0.25) is 5.91 Å². The minimum absolute atomic E-state index is 0.0124. The quantitative estimate of drug-likeness (QED) is 0.802. The van der Waals surface area contributed by atoms with Gasteiger partial charge < -0.3 is 9.80 Å². The lowest BCUT2D eigenvalue weighted by Gasteiger charge is -2.35. The van der Waals surface area contributed by atoms with E-state index in [1.807, 2.05) is 4.90 Å².